The van der Waals surface area contributed by atoms with Crippen LogP contribution in [-0.4, -0.2) is 42.6 Å². The van der Waals surface area contributed by atoms with Gasteiger partial charge in [0.1, 0.15) is 5.52 Å². The van der Waals surface area contributed by atoms with E-state index in [4.69, 9.17) is 16.0 Å². The summed E-state index contributed by atoms with van der Waals surface area (Å²) < 4.78 is 5.80. The number of hydrogen-bond donors (Lipinski definition) is 0. The van der Waals surface area contributed by atoms with Crippen molar-refractivity contribution in [1.29, 1.82) is 0 Å². The number of hydrogen-bond acceptors (Lipinski definition) is 4. The van der Waals surface area contributed by atoms with Gasteiger partial charge in [0.15, 0.2) is 11.5 Å². The molecule has 1 aliphatic heterocycles. The van der Waals surface area contributed by atoms with Gasteiger partial charge in [-0.05, 0) is 36.4 Å². The molecule has 2 aromatic carbocycles. The van der Waals surface area contributed by atoms with Crippen LogP contribution in [0.25, 0.3) is 11.1 Å². The summed E-state index contributed by atoms with van der Waals surface area (Å²) in [6.07, 6.45) is 0.857. The largest absolute Gasteiger partial charge is 0.441 e. The highest BCUT2D eigenvalue weighted by Gasteiger charge is 2.17. The molecule has 1 aliphatic rings. The maximum atomic E-state index is 5.96. The van der Waals surface area contributed by atoms with E-state index in [2.05, 4.69) is 26.9 Å². The fraction of sp³-hybridized carbons (Fsp3) is 0.316. The fourth-order valence-electron chi connectivity index (χ4n) is 3.16. The molecule has 0 saturated carbocycles. The predicted octanol–water partition coefficient (Wildman–Crippen LogP) is 3.85. The Morgan fingerprint density at radius 2 is 1.71 bits per heavy atom. The van der Waals surface area contributed by atoms with Crippen molar-refractivity contribution in [3.63, 3.8) is 0 Å². The quantitative estimate of drug-likeness (QED) is 0.721. The molecule has 2 heterocycles. The number of benzene rings is 2. The smallest absolute Gasteiger partial charge is 0.196 e. The summed E-state index contributed by atoms with van der Waals surface area (Å²) in [5.74, 6) is 0.830. The number of halogens is 1. The molecule has 4 nitrogen and oxygen atoms in total. The van der Waals surface area contributed by atoms with Crippen molar-refractivity contribution in [1.82, 2.24) is 9.88 Å². The number of para-hydroxylation sites is 2. The first kappa shape index (κ1) is 15.5. The molecule has 0 atom stereocenters. The van der Waals surface area contributed by atoms with Crippen molar-refractivity contribution in [2.45, 2.75) is 6.42 Å². The Balaban J connectivity index is 1.30. The second kappa shape index (κ2) is 6.83. The molecule has 5 heteroatoms. The minimum atomic E-state index is 0.788. The van der Waals surface area contributed by atoms with Crippen LogP contribution < -0.4 is 4.90 Å². The Hall–Kier alpha value is -2.04. The SMILES string of the molecule is Clc1ccc(N2CCN(CCc3nc4ccccc4o3)CC2)cc1. The van der Waals surface area contributed by atoms with E-state index in [1.54, 1.807) is 0 Å². The van der Waals surface area contributed by atoms with Crippen molar-refractivity contribution in [2.75, 3.05) is 37.6 Å². The van der Waals surface area contributed by atoms with Gasteiger partial charge in [0.25, 0.3) is 0 Å². The molecule has 124 valence electrons. The Bertz CT molecular complexity index is 774. The van der Waals surface area contributed by atoms with Gasteiger partial charge in [0.2, 0.25) is 0 Å². The summed E-state index contributed by atoms with van der Waals surface area (Å²) in [6, 6.07) is 16.0. The molecule has 3 aromatic rings. The van der Waals surface area contributed by atoms with Gasteiger partial charge in [-0.2, -0.15) is 0 Å². The molecule has 24 heavy (non-hydrogen) atoms. The van der Waals surface area contributed by atoms with Gasteiger partial charge in [0, 0.05) is 49.9 Å². The van der Waals surface area contributed by atoms with Crippen LogP contribution in [0.2, 0.25) is 5.02 Å². The second-order valence-corrected chi connectivity index (χ2v) is 6.57. The third-order valence-corrected chi connectivity index (χ3v) is 4.80. The normalized spacial score (nSPS) is 16.0. The van der Waals surface area contributed by atoms with E-state index < -0.39 is 0 Å². The van der Waals surface area contributed by atoms with E-state index in [1.807, 2.05) is 36.4 Å². The van der Waals surface area contributed by atoms with Crippen molar-refractivity contribution in [3.8, 4) is 0 Å². The van der Waals surface area contributed by atoms with E-state index in [1.165, 1.54) is 5.69 Å². The van der Waals surface area contributed by atoms with Crippen molar-refractivity contribution < 1.29 is 4.42 Å². The first-order valence-corrected chi connectivity index (χ1v) is 8.73. The number of nitrogens with zero attached hydrogens (tertiary/aromatic N) is 3. The Morgan fingerprint density at radius 3 is 2.46 bits per heavy atom. The van der Waals surface area contributed by atoms with Crippen molar-refractivity contribution >= 4 is 28.4 Å². The lowest BCUT2D eigenvalue weighted by molar-refractivity contribution is 0.254. The average molecular weight is 342 g/mol. The molecule has 0 aliphatic carbocycles. The standard InChI is InChI=1S/C19H20ClN3O/c20-15-5-7-16(8-6-15)23-13-11-22(12-14-23)10-9-19-21-17-3-1-2-4-18(17)24-19/h1-8H,9-14H2. The van der Waals surface area contributed by atoms with Crippen LogP contribution in [0.15, 0.2) is 52.9 Å². The van der Waals surface area contributed by atoms with Crippen LogP contribution in [0.5, 0.6) is 0 Å². The third kappa shape index (κ3) is 3.40. The summed E-state index contributed by atoms with van der Waals surface area (Å²) in [6.45, 7) is 5.18. The molecule has 0 radical (unpaired) electrons. The molecule has 4 rings (SSSR count). The molecule has 1 saturated heterocycles. The maximum absolute atomic E-state index is 5.96. The molecular formula is C19H20ClN3O. The lowest BCUT2D eigenvalue weighted by Gasteiger charge is -2.36. The van der Waals surface area contributed by atoms with E-state index in [0.717, 1.165) is 61.2 Å². The van der Waals surface area contributed by atoms with Gasteiger partial charge in [-0.3, -0.25) is 4.90 Å². The first-order valence-electron chi connectivity index (χ1n) is 8.35. The summed E-state index contributed by atoms with van der Waals surface area (Å²) in [7, 11) is 0. The molecule has 0 unspecified atom stereocenters. The maximum Gasteiger partial charge on any atom is 0.196 e. The molecule has 0 bridgehead atoms. The van der Waals surface area contributed by atoms with Gasteiger partial charge in [-0.1, -0.05) is 23.7 Å². The first-order chi connectivity index (χ1) is 11.8. The minimum Gasteiger partial charge on any atom is -0.441 e. The summed E-state index contributed by atoms with van der Waals surface area (Å²) in [4.78, 5) is 9.43. The van der Waals surface area contributed by atoms with E-state index in [-0.39, 0.29) is 0 Å². The number of oxazole rings is 1. The van der Waals surface area contributed by atoms with Crippen LogP contribution in [0, 0.1) is 0 Å². The summed E-state index contributed by atoms with van der Waals surface area (Å²) in [5.41, 5.74) is 3.07. The topological polar surface area (TPSA) is 32.5 Å². The number of piperazine rings is 1. The second-order valence-electron chi connectivity index (χ2n) is 6.13. The molecule has 1 fully saturated rings. The average Bonchev–Trinajstić information content (AvgIpc) is 3.04. The monoisotopic (exact) mass is 341 g/mol. The van der Waals surface area contributed by atoms with Gasteiger partial charge >= 0.3 is 0 Å². The predicted molar refractivity (Wildman–Crippen MR) is 97.8 cm³/mol. The fourth-order valence-corrected chi connectivity index (χ4v) is 3.29. The highest BCUT2D eigenvalue weighted by atomic mass is 35.5. The molecular weight excluding hydrogens is 322 g/mol. The lowest BCUT2D eigenvalue weighted by Crippen LogP contribution is -2.47. The Kier molecular flexibility index (Phi) is 4.41. The van der Waals surface area contributed by atoms with E-state index >= 15 is 0 Å². The molecule has 0 spiro atoms. The molecule has 0 N–H and O–H groups in total. The van der Waals surface area contributed by atoms with Gasteiger partial charge in [-0.15, -0.1) is 0 Å². The van der Waals surface area contributed by atoms with Crippen LogP contribution in [0.3, 0.4) is 0 Å². The zero-order valence-electron chi connectivity index (χ0n) is 13.5. The number of rotatable bonds is 4. The molecule has 0 amide bonds. The Morgan fingerprint density at radius 1 is 0.958 bits per heavy atom. The molecule has 1 aromatic heterocycles. The van der Waals surface area contributed by atoms with E-state index in [0.29, 0.717) is 0 Å². The van der Waals surface area contributed by atoms with Crippen LogP contribution in [-0.2, 0) is 6.42 Å². The van der Waals surface area contributed by atoms with Gasteiger partial charge in [0.05, 0.1) is 0 Å². The van der Waals surface area contributed by atoms with Crippen molar-refractivity contribution in [2.24, 2.45) is 0 Å². The van der Waals surface area contributed by atoms with Crippen molar-refractivity contribution in [3.05, 3.63) is 59.4 Å². The highest BCUT2D eigenvalue weighted by Crippen LogP contribution is 2.20. The number of aromatic nitrogens is 1. The third-order valence-electron chi connectivity index (χ3n) is 4.54. The summed E-state index contributed by atoms with van der Waals surface area (Å²) in [5, 5.41) is 0.788. The lowest BCUT2D eigenvalue weighted by atomic mass is 10.2. The van der Waals surface area contributed by atoms with Gasteiger partial charge in [-0.25, -0.2) is 4.98 Å². The number of fused-ring (bicyclic) bond motifs is 1. The Labute approximate surface area is 146 Å². The van der Waals surface area contributed by atoms with E-state index in [9.17, 15) is 0 Å². The van der Waals surface area contributed by atoms with Crippen LogP contribution in [0.1, 0.15) is 5.89 Å². The van der Waals surface area contributed by atoms with Crippen LogP contribution >= 0.6 is 11.6 Å². The highest BCUT2D eigenvalue weighted by molar-refractivity contribution is 6.30. The zero-order chi connectivity index (χ0) is 16.4. The summed E-state index contributed by atoms with van der Waals surface area (Å²) >= 11 is 5.96. The zero-order valence-corrected chi connectivity index (χ0v) is 14.2. The minimum absolute atomic E-state index is 0.788. The van der Waals surface area contributed by atoms with Crippen LogP contribution in [0.4, 0.5) is 5.69 Å². The number of anilines is 1. The van der Waals surface area contributed by atoms with Gasteiger partial charge < -0.3 is 9.32 Å².